The van der Waals surface area contributed by atoms with Gasteiger partial charge in [0.1, 0.15) is 11.9 Å². The van der Waals surface area contributed by atoms with Crippen LogP contribution in [-0.2, 0) is 14.3 Å². The van der Waals surface area contributed by atoms with Crippen LogP contribution in [0.25, 0.3) is 0 Å². The third-order valence-corrected chi connectivity index (χ3v) is 4.31. The number of hydrogen-bond acceptors (Lipinski definition) is 3. The fraction of sp³-hybridized carbons (Fsp3) is 0.917. The molecule has 0 aliphatic heterocycles. The molecule has 0 aromatic heterocycles. The summed E-state index contributed by atoms with van der Waals surface area (Å²) in [6, 6.07) is 0. The lowest BCUT2D eigenvalue weighted by Crippen LogP contribution is -2.21. The van der Waals surface area contributed by atoms with Crippen LogP contribution in [0.15, 0.2) is 0 Å². The molecule has 1 saturated carbocycles. The Hall–Kier alpha value is -0.860. The molecule has 0 heterocycles. The zero-order chi connectivity index (χ0) is 22.3. The molecule has 0 bridgehead atoms. The summed E-state index contributed by atoms with van der Waals surface area (Å²) in [6.45, 7) is 24.6. The molecule has 0 N–H and O–H groups in total. The largest absolute Gasteiger partial charge is 0.460 e. The van der Waals surface area contributed by atoms with Gasteiger partial charge in [0.2, 0.25) is 0 Å². The second kappa shape index (κ2) is 16.1. The van der Waals surface area contributed by atoms with E-state index in [9.17, 15) is 9.59 Å². The molecule has 0 aromatic carbocycles. The highest BCUT2D eigenvalue weighted by Gasteiger charge is 2.29. The SMILES string of the molecule is CC(=O)OC(C)(C)C.CCC.CCC(C)(C)C.CC[C@H]1C[C@@H](C=O)C[C@H]1C.[HH]. The fourth-order valence-corrected chi connectivity index (χ4v) is 2.50. The van der Waals surface area contributed by atoms with E-state index in [4.69, 9.17) is 4.74 Å². The average Bonchev–Trinajstić information content (AvgIpc) is 2.86. The monoisotopic (exact) mass is 388 g/mol. The summed E-state index contributed by atoms with van der Waals surface area (Å²) in [5, 5.41) is 0. The van der Waals surface area contributed by atoms with Crippen molar-refractivity contribution in [3.8, 4) is 0 Å². The van der Waals surface area contributed by atoms with E-state index in [0.717, 1.165) is 31.0 Å². The maximum absolute atomic E-state index is 10.4. The smallest absolute Gasteiger partial charge is 0.303 e. The van der Waals surface area contributed by atoms with Crippen molar-refractivity contribution in [2.75, 3.05) is 0 Å². The molecule has 3 heteroatoms. The van der Waals surface area contributed by atoms with Gasteiger partial charge < -0.3 is 9.53 Å². The molecule has 166 valence electrons. The second-order valence-electron chi connectivity index (χ2n) is 9.84. The first-order valence-electron chi connectivity index (χ1n) is 10.8. The van der Waals surface area contributed by atoms with Crippen molar-refractivity contribution in [1.82, 2.24) is 0 Å². The minimum Gasteiger partial charge on any atom is -0.460 e. The van der Waals surface area contributed by atoms with Crippen LogP contribution in [0, 0.1) is 23.2 Å². The lowest BCUT2D eigenvalue weighted by atomic mass is 9.94. The molecule has 3 atom stereocenters. The predicted octanol–water partition coefficient (Wildman–Crippen LogP) is 7.71. The van der Waals surface area contributed by atoms with E-state index in [2.05, 4.69) is 55.4 Å². The Kier molecular flexibility index (Phi) is 18.4. The van der Waals surface area contributed by atoms with Crippen LogP contribution in [-0.4, -0.2) is 17.9 Å². The van der Waals surface area contributed by atoms with Crippen molar-refractivity contribution in [1.29, 1.82) is 0 Å². The number of carbonyl (C=O) groups is 2. The van der Waals surface area contributed by atoms with Crippen LogP contribution in [0.1, 0.15) is 117 Å². The average molecular weight is 389 g/mol. The molecule has 0 amide bonds. The van der Waals surface area contributed by atoms with Crippen molar-refractivity contribution >= 4 is 12.3 Å². The van der Waals surface area contributed by atoms with E-state index in [1.165, 1.54) is 26.2 Å². The number of aldehydes is 1. The minimum atomic E-state index is -0.328. The number of esters is 1. The van der Waals surface area contributed by atoms with Gasteiger partial charge >= 0.3 is 5.97 Å². The molecule has 27 heavy (non-hydrogen) atoms. The summed E-state index contributed by atoms with van der Waals surface area (Å²) >= 11 is 0. The van der Waals surface area contributed by atoms with Crippen LogP contribution in [0.2, 0.25) is 0 Å². The highest BCUT2D eigenvalue weighted by Crippen LogP contribution is 2.36. The predicted molar refractivity (Wildman–Crippen MR) is 121 cm³/mol. The van der Waals surface area contributed by atoms with Crippen LogP contribution in [0.3, 0.4) is 0 Å². The quantitative estimate of drug-likeness (QED) is 0.359. The minimum absolute atomic E-state index is 0. The standard InChI is InChI=1S/C9H16O.C6H12O2.C6H14.C3H8.H2/c1-3-9-5-8(6-10)4-7(9)2;1-5(7)8-6(2,3)4;1-5-6(2,3)4;1-3-2;/h6-9H,3-5H2,1-2H3;1-4H3;5H2,1-4H3;3H2,1-2H3;1H/t7-,8+,9+;;;;/m1..../s1. The lowest BCUT2D eigenvalue weighted by Gasteiger charge is -2.17. The Morgan fingerprint density at radius 2 is 1.44 bits per heavy atom. The molecule has 0 aromatic rings. The van der Waals surface area contributed by atoms with Crippen molar-refractivity contribution < 1.29 is 15.8 Å². The lowest BCUT2D eigenvalue weighted by molar-refractivity contribution is -0.151. The van der Waals surface area contributed by atoms with Crippen LogP contribution in [0.5, 0.6) is 0 Å². The van der Waals surface area contributed by atoms with Crippen molar-refractivity contribution in [3.05, 3.63) is 0 Å². The third-order valence-electron chi connectivity index (χ3n) is 4.31. The molecule has 0 spiro atoms. The molecule has 0 saturated heterocycles. The summed E-state index contributed by atoms with van der Waals surface area (Å²) in [6.07, 6.45) is 7.16. The van der Waals surface area contributed by atoms with Gasteiger partial charge in [-0.05, 0) is 50.9 Å². The van der Waals surface area contributed by atoms with Gasteiger partial charge in [0, 0.05) is 14.3 Å². The molecule has 1 aliphatic rings. The van der Waals surface area contributed by atoms with Gasteiger partial charge in [-0.2, -0.15) is 0 Å². The van der Waals surface area contributed by atoms with Crippen molar-refractivity contribution in [2.24, 2.45) is 23.2 Å². The zero-order valence-electron chi connectivity index (χ0n) is 20.6. The Bertz CT molecular complexity index is 367. The number of rotatable bonds is 2. The topological polar surface area (TPSA) is 43.4 Å². The van der Waals surface area contributed by atoms with E-state index in [-0.39, 0.29) is 13.0 Å². The molecule has 0 radical (unpaired) electrons. The van der Waals surface area contributed by atoms with Gasteiger partial charge in [0.15, 0.2) is 0 Å². The number of hydrogen-bond donors (Lipinski definition) is 0. The Morgan fingerprint density at radius 1 is 1.04 bits per heavy atom. The number of carbonyl (C=O) groups excluding carboxylic acids is 2. The molecular weight excluding hydrogens is 336 g/mol. The van der Waals surface area contributed by atoms with E-state index in [1.54, 1.807) is 0 Å². The normalized spacial score (nSPS) is 21.4. The fourth-order valence-electron chi connectivity index (χ4n) is 2.50. The molecular formula is C24H52O3. The Balaban J connectivity index is -0.000000146. The molecule has 1 rings (SSSR count). The van der Waals surface area contributed by atoms with Crippen LogP contribution >= 0.6 is 0 Å². The van der Waals surface area contributed by atoms with Crippen molar-refractivity contribution in [2.45, 2.75) is 121 Å². The highest BCUT2D eigenvalue weighted by molar-refractivity contribution is 5.66. The van der Waals surface area contributed by atoms with Gasteiger partial charge in [-0.15, -0.1) is 0 Å². The first-order valence-corrected chi connectivity index (χ1v) is 10.8. The maximum atomic E-state index is 10.4. The maximum Gasteiger partial charge on any atom is 0.303 e. The van der Waals surface area contributed by atoms with Crippen LogP contribution in [0.4, 0.5) is 0 Å². The Labute approximate surface area is 172 Å². The molecule has 1 fully saturated rings. The summed E-state index contributed by atoms with van der Waals surface area (Å²) in [5.74, 6) is 1.74. The zero-order valence-corrected chi connectivity index (χ0v) is 20.6. The first kappa shape index (κ1) is 30.9. The van der Waals surface area contributed by atoms with Gasteiger partial charge in [0.05, 0.1) is 0 Å². The highest BCUT2D eigenvalue weighted by atomic mass is 16.6. The summed E-state index contributed by atoms with van der Waals surface area (Å²) < 4.78 is 4.80. The summed E-state index contributed by atoms with van der Waals surface area (Å²) in [5.41, 5.74) is 0.214. The van der Waals surface area contributed by atoms with E-state index in [0.29, 0.717) is 11.3 Å². The van der Waals surface area contributed by atoms with Gasteiger partial charge in [0.25, 0.3) is 0 Å². The van der Waals surface area contributed by atoms with E-state index in [1.807, 2.05) is 20.8 Å². The van der Waals surface area contributed by atoms with E-state index < -0.39 is 0 Å². The molecule has 0 unspecified atom stereocenters. The Morgan fingerprint density at radius 3 is 1.56 bits per heavy atom. The molecule has 1 aliphatic carbocycles. The second-order valence-corrected chi connectivity index (χ2v) is 9.84. The van der Waals surface area contributed by atoms with Gasteiger partial charge in [-0.25, -0.2) is 0 Å². The van der Waals surface area contributed by atoms with Crippen molar-refractivity contribution in [3.63, 3.8) is 0 Å². The molecule has 3 nitrogen and oxygen atoms in total. The van der Waals surface area contributed by atoms with Crippen LogP contribution < -0.4 is 0 Å². The summed E-state index contributed by atoms with van der Waals surface area (Å²) in [7, 11) is 0. The van der Waals surface area contributed by atoms with Gasteiger partial charge in [-0.3, -0.25) is 4.79 Å². The summed E-state index contributed by atoms with van der Waals surface area (Å²) in [4.78, 5) is 20.7. The first-order chi connectivity index (χ1) is 12.2. The third kappa shape index (κ3) is 25.1. The number of ether oxygens (including phenoxy) is 1. The van der Waals surface area contributed by atoms with E-state index >= 15 is 0 Å². The van der Waals surface area contributed by atoms with Gasteiger partial charge in [-0.1, -0.05) is 74.7 Å².